The second-order valence-electron chi connectivity index (χ2n) is 5.75. The van der Waals surface area contributed by atoms with E-state index in [0.29, 0.717) is 18.3 Å². The van der Waals surface area contributed by atoms with Crippen molar-refractivity contribution < 1.29 is 14.3 Å². The lowest BCUT2D eigenvalue weighted by Gasteiger charge is -2.33. The Labute approximate surface area is 151 Å². The number of thioether (sulfide) groups is 1. The van der Waals surface area contributed by atoms with E-state index in [-0.39, 0.29) is 12.0 Å². The van der Waals surface area contributed by atoms with Gasteiger partial charge in [-0.25, -0.2) is 0 Å². The van der Waals surface area contributed by atoms with Crippen molar-refractivity contribution in [1.82, 2.24) is 15.1 Å². The van der Waals surface area contributed by atoms with Crippen molar-refractivity contribution in [1.29, 1.82) is 0 Å². The maximum atomic E-state index is 12.9. The van der Waals surface area contributed by atoms with Gasteiger partial charge in [0.05, 0.1) is 19.2 Å². The summed E-state index contributed by atoms with van der Waals surface area (Å²) in [6.07, 6.45) is 3.70. The molecule has 25 heavy (non-hydrogen) atoms. The molecule has 0 radical (unpaired) electrons. The van der Waals surface area contributed by atoms with Gasteiger partial charge in [0.2, 0.25) is 11.8 Å². The van der Waals surface area contributed by atoms with Crippen LogP contribution in [0, 0.1) is 0 Å². The molecule has 6 nitrogen and oxygen atoms in total. The van der Waals surface area contributed by atoms with Crippen molar-refractivity contribution in [2.45, 2.75) is 23.8 Å². The van der Waals surface area contributed by atoms with E-state index in [4.69, 9.17) is 9.47 Å². The predicted octanol–water partition coefficient (Wildman–Crippen LogP) is 2.89. The molecule has 0 saturated carbocycles. The molecule has 3 rings (SSSR count). The molecule has 0 N–H and O–H groups in total. The van der Waals surface area contributed by atoms with Crippen molar-refractivity contribution in [3.05, 3.63) is 42.0 Å². The molecule has 1 amide bonds. The second-order valence-corrected chi connectivity index (χ2v) is 6.60. The van der Waals surface area contributed by atoms with Crippen molar-refractivity contribution in [3.8, 4) is 11.8 Å². The Kier molecular flexibility index (Phi) is 5.75. The Morgan fingerprint density at radius 3 is 2.68 bits per heavy atom. The molecular weight excluding hydrogens is 338 g/mol. The topological polar surface area (TPSA) is 64.6 Å². The fourth-order valence-corrected chi connectivity index (χ4v) is 3.45. The van der Waals surface area contributed by atoms with Crippen LogP contribution in [-0.2, 0) is 0 Å². The molecule has 1 unspecified atom stereocenters. The average Bonchev–Trinajstić information content (AvgIpc) is 2.68. The van der Waals surface area contributed by atoms with Crippen LogP contribution in [-0.4, -0.2) is 53.6 Å². The number of carbonyl (C=O) groups excluding carboxylic acids is 1. The quantitative estimate of drug-likeness (QED) is 0.765. The summed E-state index contributed by atoms with van der Waals surface area (Å²) in [4.78, 5) is 15.7. The van der Waals surface area contributed by atoms with Gasteiger partial charge in [-0.3, -0.25) is 4.79 Å². The number of ether oxygens (including phenoxy) is 2. The minimum atomic E-state index is -0.0816. The van der Waals surface area contributed by atoms with Crippen LogP contribution in [0.1, 0.15) is 23.2 Å². The number of rotatable bonds is 5. The molecule has 0 spiro atoms. The van der Waals surface area contributed by atoms with Gasteiger partial charge in [0, 0.05) is 23.6 Å². The Morgan fingerprint density at radius 1 is 1.20 bits per heavy atom. The number of piperidine rings is 1. The van der Waals surface area contributed by atoms with Crippen LogP contribution in [0.5, 0.6) is 11.8 Å². The number of hydrogen-bond acceptors (Lipinski definition) is 6. The van der Waals surface area contributed by atoms with E-state index in [2.05, 4.69) is 10.2 Å². The third-order valence-electron chi connectivity index (χ3n) is 4.11. The number of likely N-dealkylation sites (tertiary alicyclic amines) is 1. The Balaban J connectivity index is 1.66. The highest BCUT2D eigenvalue weighted by Crippen LogP contribution is 2.24. The molecular formula is C18H21N3O3S. The lowest BCUT2D eigenvalue weighted by Crippen LogP contribution is -2.44. The van der Waals surface area contributed by atoms with Gasteiger partial charge >= 0.3 is 0 Å². The SMILES string of the molecule is COc1ccc(OC2CCCN(C(=O)c3ccccc3SC)C2)nn1. The summed E-state index contributed by atoms with van der Waals surface area (Å²) in [5.74, 6) is 0.949. The Morgan fingerprint density at radius 2 is 1.96 bits per heavy atom. The fraction of sp³-hybridized carbons (Fsp3) is 0.389. The van der Waals surface area contributed by atoms with E-state index in [0.717, 1.165) is 29.8 Å². The maximum Gasteiger partial charge on any atom is 0.255 e. The highest BCUT2D eigenvalue weighted by molar-refractivity contribution is 7.98. The van der Waals surface area contributed by atoms with E-state index in [1.165, 1.54) is 0 Å². The van der Waals surface area contributed by atoms with E-state index < -0.39 is 0 Å². The summed E-state index contributed by atoms with van der Waals surface area (Å²) in [7, 11) is 1.54. The Bertz CT molecular complexity index is 724. The molecule has 1 saturated heterocycles. The second kappa shape index (κ2) is 8.20. The van der Waals surface area contributed by atoms with Gasteiger partial charge in [0.15, 0.2) is 0 Å². The van der Waals surface area contributed by atoms with Crippen molar-refractivity contribution in [3.63, 3.8) is 0 Å². The summed E-state index contributed by atoms with van der Waals surface area (Å²) < 4.78 is 10.9. The molecule has 2 heterocycles. The predicted molar refractivity (Wildman–Crippen MR) is 96.4 cm³/mol. The van der Waals surface area contributed by atoms with Crippen LogP contribution >= 0.6 is 11.8 Å². The van der Waals surface area contributed by atoms with Crippen LogP contribution in [0.3, 0.4) is 0 Å². The summed E-state index contributed by atoms with van der Waals surface area (Å²) in [5, 5.41) is 7.90. The molecule has 7 heteroatoms. The van der Waals surface area contributed by atoms with Gasteiger partial charge in [-0.15, -0.1) is 22.0 Å². The smallest absolute Gasteiger partial charge is 0.255 e. The minimum Gasteiger partial charge on any atom is -0.480 e. The van der Waals surface area contributed by atoms with E-state index in [1.807, 2.05) is 35.4 Å². The van der Waals surface area contributed by atoms with Crippen LogP contribution in [0.2, 0.25) is 0 Å². The highest BCUT2D eigenvalue weighted by atomic mass is 32.2. The fourth-order valence-electron chi connectivity index (χ4n) is 2.86. The van der Waals surface area contributed by atoms with Gasteiger partial charge in [0.1, 0.15) is 6.10 Å². The van der Waals surface area contributed by atoms with Gasteiger partial charge in [-0.05, 0) is 31.2 Å². The molecule has 1 aromatic heterocycles. The lowest BCUT2D eigenvalue weighted by atomic mass is 10.1. The zero-order valence-electron chi connectivity index (χ0n) is 14.3. The molecule has 0 bridgehead atoms. The largest absolute Gasteiger partial charge is 0.480 e. The average molecular weight is 359 g/mol. The first-order valence-corrected chi connectivity index (χ1v) is 9.40. The zero-order valence-corrected chi connectivity index (χ0v) is 15.2. The summed E-state index contributed by atoms with van der Waals surface area (Å²) in [6.45, 7) is 1.30. The lowest BCUT2D eigenvalue weighted by molar-refractivity contribution is 0.0522. The Hall–Kier alpha value is -2.28. The summed E-state index contributed by atoms with van der Waals surface area (Å²) >= 11 is 1.59. The third kappa shape index (κ3) is 4.22. The van der Waals surface area contributed by atoms with Crippen molar-refractivity contribution in [2.75, 3.05) is 26.5 Å². The number of hydrogen-bond donors (Lipinski definition) is 0. The molecule has 1 aliphatic heterocycles. The van der Waals surface area contributed by atoms with E-state index in [9.17, 15) is 4.79 Å². The highest BCUT2D eigenvalue weighted by Gasteiger charge is 2.27. The van der Waals surface area contributed by atoms with Gasteiger partial charge in [0.25, 0.3) is 5.91 Å². The van der Waals surface area contributed by atoms with Crippen molar-refractivity contribution in [2.24, 2.45) is 0 Å². The molecule has 2 aromatic rings. The zero-order chi connectivity index (χ0) is 17.6. The maximum absolute atomic E-state index is 12.9. The van der Waals surface area contributed by atoms with Crippen LogP contribution in [0.4, 0.5) is 0 Å². The first-order valence-electron chi connectivity index (χ1n) is 8.18. The van der Waals surface area contributed by atoms with Crippen LogP contribution < -0.4 is 9.47 Å². The summed E-state index contributed by atoms with van der Waals surface area (Å²) in [5.41, 5.74) is 0.750. The number of aromatic nitrogens is 2. The molecule has 1 atom stereocenters. The number of benzene rings is 1. The molecule has 1 fully saturated rings. The monoisotopic (exact) mass is 359 g/mol. The normalized spacial score (nSPS) is 17.2. The minimum absolute atomic E-state index is 0.0547. The van der Waals surface area contributed by atoms with Crippen molar-refractivity contribution >= 4 is 17.7 Å². The molecule has 1 aliphatic rings. The number of nitrogens with zero attached hydrogens (tertiary/aromatic N) is 3. The van der Waals surface area contributed by atoms with Gasteiger partial charge in [-0.2, -0.15) is 0 Å². The van der Waals surface area contributed by atoms with E-state index in [1.54, 1.807) is 31.0 Å². The number of carbonyl (C=O) groups is 1. The molecule has 132 valence electrons. The van der Waals surface area contributed by atoms with Gasteiger partial charge < -0.3 is 14.4 Å². The first kappa shape index (κ1) is 17.5. The molecule has 0 aliphatic carbocycles. The first-order chi connectivity index (χ1) is 12.2. The third-order valence-corrected chi connectivity index (χ3v) is 4.91. The van der Waals surface area contributed by atoms with Gasteiger partial charge in [-0.1, -0.05) is 12.1 Å². The molecule has 1 aromatic carbocycles. The number of methoxy groups -OCH3 is 1. The van der Waals surface area contributed by atoms with Crippen LogP contribution in [0.15, 0.2) is 41.3 Å². The number of amides is 1. The van der Waals surface area contributed by atoms with E-state index >= 15 is 0 Å². The van der Waals surface area contributed by atoms with Crippen LogP contribution in [0.25, 0.3) is 0 Å². The summed E-state index contributed by atoms with van der Waals surface area (Å²) in [6, 6.07) is 11.2. The standard InChI is InChI=1S/C18H21N3O3S/c1-23-16-9-10-17(20-19-16)24-13-6-5-11-21(12-13)18(22)14-7-3-4-8-15(14)25-2/h3-4,7-10,13H,5-6,11-12H2,1-2H3.